The second-order valence-corrected chi connectivity index (χ2v) is 5.97. The van der Waals surface area contributed by atoms with E-state index >= 15 is 0 Å². The number of ether oxygens (including phenoxy) is 1. The minimum atomic E-state index is -0.517. The van der Waals surface area contributed by atoms with Crippen LogP contribution >= 0.6 is 0 Å². The quantitative estimate of drug-likeness (QED) is 0.871. The van der Waals surface area contributed by atoms with E-state index in [1.165, 1.54) is 17.5 Å². The van der Waals surface area contributed by atoms with Gasteiger partial charge in [0.2, 0.25) is 0 Å². The molecule has 2 aromatic rings. The number of esters is 1. The van der Waals surface area contributed by atoms with E-state index in [1.54, 1.807) is 30.3 Å². The molecule has 1 N–H and O–H groups in total. The van der Waals surface area contributed by atoms with Crippen LogP contribution in [0.4, 0.5) is 5.69 Å². The van der Waals surface area contributed by atoms with Gasteiger partial charge in [-0.05, 0) is 61.1 Å². The lowest BCUT2D eigenvalue weighted by atomic mass is 9.90. The number of hydrogen-bond acceptors (Lipinski definition) is 4. The van der Waals surface area contributed by atoms with E-state index in [9.17, 15) is 9.59 Å². The second kappa shape index (κ2) is 7.63. The summed E-state index contributed by atoms with van der Waals surface area (Å²) < 4.78 is 5.09. The van der Waals surface area contributed by atoms with E-state index in [2.05, 4.69) is 5.32 Å². The molecule has 25 heavy (non-hydrogen) atoms. The van der Waals surface area contributed by atoms with Crippen molar-refractivity contribution in [2.75, 3.05) is 11.9 Å². The lowest BCUT2D eigenvalue weighted by molar-refractivity contribution is -0.119. The summed E-state index contributed by atoms with van der Waals surface area (Å²) in [6.45, 7) is -0.393. The van der Waals surface area contributed by atoms with Crippen molar-refractivity contribution in [2.24, 2.45) is 0 Å². The Balaban J connectivity index is 1.59. The zero-order valence-corrected chi connectivity index (χ0v) is 13.7. The molecule has 126 valence electrons. The monoisotopic (exact) mass is 334 g/mol. The number of amides is 1. The minimum Gasteiger partial charge on any atom is -0.452 e. The average Bonchev–Trinajstić information content (AvgIpc) is 2.66. The Hall–Kier alpha value is -3.13. The second-order valence-electron chi connectivity index (χ2n) is 5.97. The van der Waals surface area contributed by atoms with Gasteiger partial charge >= 0.3 is 5.97 Å². The number of aryl methyl sites for hydroxylation is 2. The Kier molecular flexibility index (Phi) is 5.10. The van der Waals surface area contributed by atoms with Gasteiger partial charge in [0, 0.05) is 0 Å². The van der Waals surface area contributed by atoms with Crippen molar-refractivity contribution in [2.45, 2.75) is 25.7 Å². The van der Waals surface area contributed by atoms with Crippen LogP contribution < -0.4 is 5.32 Å². The van der Waals surface area contributed by atoms with Gasteiger partial charge in [-0.3, -0.25) is 4.79 Å². The predicted octanol–water partition coefficient (Wildman–Crippen LogP) is 3.23. The van der Waals surface area contributed by atoms with Gasteiger partial charge in [-0.15, -0.1) is 0 Å². The topological polar surface area (TPSA) is 79.2 Å². The fourth-order valence-corrected chi connectivity index (χ4v) is 2.95. The molecule has 2 aromatic carbocycles. The van der Waals surface area contributed by atoms with Gasteiger partial charge in [-0.1, -0.05) is 18.2 Å². The lowest BCUT2D eigenvalue weighted by Gasteiger charge is -2.16. The fourth-order valence-electron chi connectivity index (χ4n) is 2.95. The molecule has 0 saturated carbocycles. The molecule has 0 spiro atoms. The maximum absolute atomic E-state index is 12.2. The van der Waals surface area contributed by atoms with Crippen LogP contribution in [0.1, 0.15) is 39.9 Å². The molecule has 5 heteroatoms. The van der Waals surface area contributed by atoms with Crippen LogP contribution in [0.15, 0.2) is 42.5 Å². The highest BCUT2D eigenvalue weighted by atomic mass is 16.5. The minimum absolute atomic E-state index is 0.358. The number of benzene rings is 2. The number of hydrogen-bond donors (Lipinski definition) is 1. The van der Waals surface area contributed by atoms with Crippen molar-refractivity contribution in [1.29, 1.82) is 5.26 Å². The molecule has 1 amide bonds. The molecule has 0 fully saturated rings. The van der Waals surface area contributed by atoms with Crippen molar-refractivity contribution >= 4 is 17.6 Å². The van der Waals surface area contributed by atoms with E-state index < -0.39 is 18.5 Å². The third kappa shape index (κ3) is 4.04. The standard InChI is InChI=1S/C20H18N2O3/c21-12-17-7-3-4-8-18(17)22-19(23)13-25-20(24)16-10-9-14-5-1-2-6-15(14)11-16/h3-4,7-11H,1-2,5-6,13H2,(H,22,23). The molecule has 0 saturated heterocycles. The molecule has 0 atom stereocenters. The first-order valence-corrected chi connectivity index (χ1v) is 8.25. The van der Waals surface area contributed by atoms with Gasteiger partial charge in [-0.25, -0.2) is 4.79 Å². The first-order chi connectivity index (χ1) is 12.2. The first-order valence-electron chi connectivity index (χ1n) is 8.25. The Morgan fingerprint density at radius 3 is 2.64 bits per heavy atom. The Labute approximate surface area is 146 Å². The molecule has 0 unspecified atom stereocenters. The number of fused-ring (bicyclic) bond motifs is 1. The number of para-hydroxylation sites is 1. The number of nitrogens with zero attached hydrogens (tertiary/aromatic N) is 1. The van der Waals surface area contributed by atoms with E-state index in [1.807, 2.05) is 18.2 Å². The van der Waals surface area contributed by atoms with Gasteiger partial charge in [0.25, 0.3) is 5.91 Å². The molecule has 1 aliphatic carbocycles. The summed E-state index contributed by atoms with van der Waals surface area (Å²) in [5, 5.41) is 11.6. The van der Waals surface area contributed by atoms with Crippen LogP contribution in [0, 0.1) is 11.3 Å². The maximum atomic E-state index is 12.2. The van der Waals surface area contributed by atoms with Crippen molar-refractivity contribution < 1.29 is 14.3 Å². The Morgan fingerprint density at radius 1 is 1.08 bits per heavy atom. The molecule has 0 bridgehead atoms. The van der Waals surface area contributed by atoms with Gasteiger partial charge < -0.3 is 10.1 Å². The molecule has 0 aliphatic heterocycles. The van der Waals surface area contributed by atoms with Crippen LogP contribution in [0.5, 0.6) is 0 Å². The fraction of sp³-hybridized carbons (Fsp3) is 0.250. The summed E-state index contributed by atoms with van der Waals surface area (Å²) in [6, 6.07) is 14.2. The lowest BCUT2D eigenvalue weighted by Crippen LogP contribution is -2.21. The summed E-state index contributed by atoms with van der Waals surface area (Å²) in [7, 11) is 0. The number of nitriles is 1. The van der Waals surface area contributed by atoms with E-state index in [4.69, 9.17) is 10.00 Å². The number of nitrogens with one attached hydrogen (secondary N) is 1. The van der Waals surface area contributed by atoms with Crippen LogP contribution in [0.2, 0.25) is 0 Å². The predicted molar refractivity (Wildman–Crippen MR) is 93.2 cm³/mol. The molecule has 5 nitrogen and oxygen atoms in total. The summed E-state index contributed by atoms with van der Waals surface area (Å²) in [4.78, 5) is 24.1. The molecular formula is C20H18N2O3. The number of anilines is 1. The number of rotatable bonds is 4. The van der Waals surface area contributed by atoms with Crippen molar-refractivity contribution in [3.63, 3.8) is 0 Å². The number of carbonyl (C=O) groups is 2. The van der Waals surface area contributed by atoms with Crippen LogP contribution in [-0.2, 0) is 22.4 Å². The average molecular weight is 334 g/mol. The zero-order valence-electron chi connectivity index (χ0n) is 13.7. The van der Waals surface area contributed by atoms with E-state index in [0.29, 0.717) is 16.8 Å². The molecule has 0 radical (unpaired) electrons. The summed E-state index contributed by atoms with van der Waals surface area (Å²) in [5.41, 5.74) is 3.70. The number of carbonyl (C=O) groups excluding carboxylic acids is 2. The first kappa shape index (κ1) is 16.7. The van der Waals surface area contributed by atoms with Crippen molar-refractivity contribution in [3.05, 3.63) is 64.7 Å². The molecular weight excluding hydrogens is 316 g/mol. The van der Waals surface area contributed by atoms with Gasteiger partial charge in [-0.2, -0.15) is 5.26 Å². The zero-order chi connectivity index (χ0) is 17.6. The normalized spacial score (nSPS) is 12.6. The Bertz CT molecular complexity index is 852. The third-order valence-corrected chi connectivity index (χ3v) is 4.24. The van der Waals surface area contributed by atoms with Crippen LogP contribution in [0.25, 0.3) is 0 Å². The molecule has 0 heterocycles. The SMILES string of the molecule is N#Cc1ccccc1NC(=O)COC(=O)c1ccc2c(c1)CCCC2. The third-order valence-electron chi connectivity index (χ3n) is 4.24. The molecule has 3 rings (SSSR count). The van der Waals surface area contributed by atoms with Gasteiger partial charge in [0.15, 0.2) is 6.61 Å². The van der Waals surface area contributed by atoms with Crippen molar-refractivity contribution in [3.8, 4) is 6.07 Å². The smallest absolute Gasteiger partial charge is 0.338 e. The highest BCUT2D eigenvalue weighted by molar-refractivity contribution is 5.96. The van der Waals surface area contributed by atoms with E-state index in [0.717, 1.165) is 19.3 Å². The van der Waals surface area contributed by atoms with Crippen LogP contribution in [-0.4, -0.2) is 18.5 Å². The Morgan fingerprint density at radius 2 is 1.84 bits per heavy atom. The molecule has 1 aliphatic rings. The largest absolute Gasteiger partial charge is 0.452 e. The van der Waals surface area contributed by atoms with Gasteiger partial charge in [0.1, 0.15) is 6.07 Å². The van der Waals surface area contributed by atoms with Crippen molar-refractivity contribution in [1.82, 2.24) is 0 Å². The maximum Gasteiger partial charge on any atom is 0.338 e. The summed E-state index contributed by atoms with van der Waals surface area (Å²) in [6.07, 6.45) is 4.33. The summed E-state index contributed by atoms with van der Waals surface area (Å²) >= 11 is 0. The highest BCUT2D eigenvalue weighted by Crippen LogP contribution is 2.22. The highest BCUT2D eigenvalue weighted by Gasteiger charge is 2.15. The molecule has 0 aromatic heterocycles. The van der Waals surface area contributed by atoms with E-state index in [-0.39, 0.29) is 0 Å². The summed E-state index contributed by atoms with van der Waals surface area (Å²) in [5.74, 6) is -0.994. The van der Waals surface area contributed by atoms with Gasteiger partial charge in [0.05, 0.1) is 16.8 Å². The van der Waals surface area contributed by atoms with Crippen LogP contribution in [0.3, 0.4) is 0 Å².